The molecule has 2 aromatic rings. The van der Waals surface area contributed by atoms with Crippen molar-refractivity contribution < 1.29 is 30.3 Å². The highest BCUT2D eigenvalue weighted by Gasteiger charge is 2.13. The molecule has 1 aromatic carbocycles. The van der Waals surface area contributed by atoms with E-state index in [1.807, 2.05) is 0 Å². The van der Waals surface area contributed by atoms with Gasteiger partial charge in [0.15, 0.2) is 17.2 Å². The number of phenolic OH excluding ortho intramolecular Hbond substituents is 3. The van der Waals surface area contributed by atoms with E-state index >= 15 is 0 Å². The molecule has 0 saturated heterocycles. The molecule has 0 saturated carbocycles. The van der Waals surface area contributed by atoms with Gasteiger partial charge in [0.25, 0.3) is 5.91 Å². The van der Waals surface area contributed by atoms with Crippen LogP contribution in [0, 0.1) is 6.92 Å². The number of amides is 1. The van der Waals surface area contributed by atoms with Crippen LogP contribution in [0.15, 0.2) is 23.4 Å². The van der Waals surface area contributed by atoms with Crippen LogP contribution < -0.4 is 5.43 Å². The summed E-state index contributed by atoms with van der Waals surface area (Å²) in [5.41, 5.74) is 2.83. The first-order chi connectivity index (χ1) is 11.3. The van der Waals surface area contributed by atoms with Crippen molar-refractivity contribution in [2.75, 3.05) is 0 Å². The lowest BCUT2D eigenvalue weighted by molar-refractivity contribution is 0.0954. The Morgan fingerprint density at radius 3 is 2.42 bits per heavy atom. The Hall–Kier alpha value is -3.33. The fourth-order valence-corrected chi connectivity index (χ4v) is 1.88. The average molecular weight is 333 g/mol. The summed E-state index contributed by atoms with van der Waals surface area (Å²) in [6.45, 7) is 1.18. The van der Waals surface area contributed by atoms with Crippen molar-refractivity contribution in [3.63, 3.8) is 0 Å². The third-order valence-electron chi connectivity index (χ3n) is 3.22. The molecule has 9 nitrogen and oxygen atoms in total. The summed E-state index contributed by atoms with van der Waals surface area (Å²) in [6.07, 6.45) is 2.50. The number of aromatic hydroxyl groups is 4. The molecular formula is C15H15N3O6. The third kappa shape index (κ3) is 3.36. The maximum absolute atomic E-state index is 11.9. The molecule has 2 rings (SSSR count). The molecule has 0 radical (unpaired) electrons. The first-order valence-electron chi connectivity index (χ1n) is 6.71. The van der Waals surface area contributed by atoms with Gasteiger partial charge in [0.1, 0.15) is 5.75 Å². The smallest absolute Gasteiger partial charge is 0.271 e. The van der Waals surface area contributed by atoms with E-state index in [4.69, 9.17) is 0 Å². The van der Waals surface area contributed by atoms with E-state index in [0.717, 1.165) is 18.3 Å². The van der Waals surface area contributed by atoms with Crippen LogP contribution >= 0.6 is 0 Å². The number of hydrogen-bond donors (Lipinski definition) is 6. The van der Waals surface area contributed by atoms with Gasteiger partial charge in [0.2, 0.25) is 0 Å². The van der Waals surface area contributed by atoms with Gasteiger partial charge in [-0.2, -0.15) is 5.10 Å². The van der Waals surface area contributed by atoms with Gasteiger partial charge in [0.05, 0.1) is 18.5 Å². The molecule has 0 spiro atoms. The molecule has 1 amide bonds. The summed E-state index contributed by atoms with van der Waals surface area (Å²) in [6, 6.07) is 1.90. The molecule has 1 aromatic heterocycles. The van der Waals surface area contributed by atoms with E-state index in [0.29, 0.717) is 11.3 Å². The van der Waals surface area contributed by atoms with Crippen molar-refractivity contribution >= 4 is 12.1 Å². The molecule has 0 aliphatic heterocycles. The van der Waals surface area contributed by atoms with E-state index in [2.05, 4.69) is 15.5 Å². The van der Waals surface area contributed by atoms with Crippen LogP contribution in [0.3, 0.4) is 0 Å². The number of aliphatic hydroxyl groups is 1. The van der Waals surface area contributed by atoms with Crippen molar-refractivity contribution in [1.29, 1.82) is 0 Å². The van der Waals surface area contributed by atoms with Gasteiger partial charge < -0.3 is 25.5 Å². The van der Waals surface area contributed by atoms with Crippen LogP contribution in [0.1, 0.15) is 27.2 Å². The number of nitrogens with one attached hydrogen (secondary N) is 1. The van der Waals surface area contributed by atoms with E-state index < -0.39 is 23.2 Å². The number of carbonyl (C=O) groups excluding carboxylic acids is 1. The fourth-order valence-electron chi connectivity index (χ4n) is 1.88. The summed E-state index contributed by atoms with van der Waals surface area (Å²) in [5, 5.41) is 50.8. The second kappa shape index (κ2) is 6.84. The second-order valence-corrected chi connectivity index (χ2v) is 4.85. The molecule has 0 unspecified atom stereocenters. The zero-order valence-electron chi connectivity index (χ0n) is 12.6. The summed E-state index contributed by atoms with van der Waals surface area (Å²) in [7, 11) is 0. The average Bonchev–Trinajstić information content (AvgIpc) is 2.56. The van der Waals surface area contributed by atoms with E-state index in [1.54, 1.807) is 6.92 Å². The zero-order valence-corrected chi connectivity index (χ0v) is 12.6. The van der Waals surface area contributed by atoms with Crippen LogP contribution in [-0.2, 0) is 6.61 Å². The molecule has 9 heteroatoms. The topological polar surface area (TPSA) is 156 Å². The molecule has 0 bridgehead atoms. The van der Waals surface area contributed by atoms with Crippen molar-refractivity contribution in [1.82, 2.24) is 10.4 Å². The maximum atomic E-state index is 11.9. The predicted molar refractivity (Wildman–Crippen MR) is 83.1 cm³/mol. The minimum absolute atomic E-state index is 0.141. The second-order valence-electron chi connectivity index (χ2n) is 4.85. The van der Waals surface area contributed by atoms with Gasteiger partial charge in [-0.3, -0.25) is 9.78 Å². The molecule has 0 atom stereocenters. The Morgan fingerprint density at radius 1 is 1.21 bits per heavy atom. The number of phenols is 3. The maximum Gasteiger partial charge on any atom is 0.271 e. The summed E-state index contributed by atoms with van der Waals surface area (Å²) < 4.78 is 0. The number of carbonyl (C=O) groups is 1. The predicted octanol–water partition coefficient (Wildman–Crippen LogP) is 0.469. The van der Waals surface area contributed by atoms with Crippen LogP contribution in [0.2, 0.25) is 0 Å². The van der Waals surface area contributed by atoms with Gasteiger partial charge in [0, 0.05) is 22.9 Å². The number of hydrazone groups is 1. The lowest BCUT2D eigenvalue weighted by atomic mass is 10.1. The molecule has 0 aliphatic carbocycles. The van der Waals surface area contributed by atoms with Crippen LogP contribution in [-0.4, -0.2) is 42.6 Å². The lowest BCUT2D eigenvalue weighted by Gasteiger charge is -2.07. The Bertz CT molecular complexity index is 796. The third-order valence-corrected chi connectivity index (χ3v) is 3.22. The van der Waals surface area contributed by atoms with Gasteiger partial charge in [-0.25, -0.2) is 5.43 Å². The van der Waals surface area contributed by atoms with Crippen molar-refractivity contribution in [2.24, 2.45) is 5.10 Å². The number of aryl methyl sites for hydroxylation is 1. The SMILES string of the molecule is Cc1ncc(CO)c(/C=N/NC(=O)c2cc(O)c(O)c(O)c2)c1O. The van der Waals surface area contributed by atoms with Crippen LogP contribution in [0.4, 0.5) is 0 Å². The number of aliphatic hydroxyl groups excluding tert-OH is 1. The number of hydrogen-bond acceptors (Lipinski definition) is 8. The first-order valence-corrected chi connectivity index (χ1v) is 6.71. The molecule has 1 heterocycles. The summed E-state index contributed by atoms with van der Waals surface area (Å²) in [5.74, 6) is -3.00. The number of benzene rings is 1. The Morgan fingerprint density at radius 2 is 1.83 bits per heavy atom. The van der Waals surface area contributed by atoms with E-state index in [1.165, 1.54) is 6.20 Å². The Labute approximate surface area is 136 Å². The normalized spacial score (nSPS) is 10.9. The van der Waals surface area contributed by atoms with Crippen LogP contribution in [0.5, 0.6) is 23.0 Å². The molecular weight excluding hydrogens is 318 g/mol. The lowest BCUT2D eigenvalue weighted by Crippen LogP contribution is -2.17. The highest BCUT2D eigenvalue weighted by molar-refractivity contribution is 5.96. The minimum atomic E-state index is -0.771. The molecule has 0 fully saturated rings. The van der Waals surface area contributed by atoms with Crippen molar-refractivity contribution in [2.45, 2.75) is 13.5 Å². The number of rotatable bonds is 4. The number of pyridine rings is 1. The minimum Gasteiger partial charge on any atom is -0.505 e. The number of nitrogens with zero attached hydrogens (tertiary/aromatic N) is 2. The fraction of sp³-hybridized carbons (Fsp3) is 0.133. The largest absolute Gasteiger partial charge is 0.505 e. The van der Waals surface area contributed by atoms with Gasteiger partial charge in [-0.1, -0.05) is 0 Å². The van der Waals surface area contributed by atoms with Crippen LogP contribution in [0.25, 0.3) is 0 Å². The van der Waals surface area contributed by atoms with Crippen molar-refractivity contribution in [3.8, 4) is 23.0 Å². The number of aromatic nitrogens is 1. The molecule has 126 valence electrons. The molecule has 24 heavy (non-hydrogen) atoms. The van der Waals surface area contributed by atoms with Gasteiger partial charge in [-0.05, 0) is 19.1 Å². The van der Waals surface area contributed by atoms with Crippen molar-refractivity contribution in [3.05, 3.63) is 40.7 Å². The summed E-state index contributed by atoms with van der Waals surface area (Å²) in [4.78, 5) is 15.8. The quantitative estimate of drug-likeness (QED) is 0.270. The van der Waals surface area contributed by atoms with Gasteiger partial charge >= 0.3 is 0 Å². The monoisotopic (exact) mass is 333 g/mol. The van der Waals surface area contributed by atoms with Gasteiger partial charge in [-0.15, -0.1) is 0 Å². The Kier molecular flexibility index (Phi) is 4.85. The first kappa shape index (κ1) is 17.0. The molecule has 6 N–H and O–H groups in total. The molecule has 0 aliphatic rings. The highest BCUT2D eigenvalue weighted by atomic mass is 16.3. The Balaban J connectivity index is 2.21. The standard InChI is InChI=1S/C15H15N3O6/c1-7-13(22)10(9(6-19)4-16-7)5-17-18-15(24)8-2-11(20)14(23)12(21)3-8/h2-5,19-23H,6H2,1H3,(H,18,24)/b17-5+. The zero-order chi connectivity index (χ0) is 17.9. The summed E-state index contributed by atoms with van der Waals surface area (Å²) >= 11 is 0. The highest BCUT2D eigenvalue weighted by Crippen LogP contribution is 2.35. The van der Waals surface area contributed by atoms with E-state index in [-0.39, 0.29) is 23.5 Å². The van der Waals surface area contributed by atoms with E-state index in [9.17, 15) is 30.3 Å².